The Hall–Kier alpha value is -2.17. The first-order valence-corrected chi connectivity index (χ1v) is 9.56. The van der Waals surface area contributed by atoms with E-state index in [1.165, 1.54) is 25.7 Å². The van der Waals surface area contributed by atoms with Gasteiger partial charge in [-0.2, -0.15) is 13.2 Å². The Morgan fingerprint density at radius 3 is 2.23 bits per heavy atom. The molecular formula is C21H26CuF3NO4. The third kappa shape index (κ3) is 10.6. The molecule has 1 radical (unpaired) electrons. The van der Waals surface area contributed by atoms with Gasteiger partial charge in [-0.25, -0.2) is 4.85 Å². The van der Waals surface area contributed by atoms with Gasteiger partial charge < -0.3 is 14.6 Å². The number of benzene rings is 1. The summed E-state index contributed by atoms with van der Waals surface area (Å²) >= 11 is 0. The first-order chi connectivity index (χ1) is 13.8. The largest absolute Gasteiger partial charge is 0.515 e. The van der Waals surface area contributed by atoms with Crippen LogP contribution in [0.3, 0.4) is 0 Å². The standard InChI is InChI=1S/C21H26F3NO4.Cu/c1-3-4-5-6-7-8-14-28-17-11-9-16(10-12-17)13-15-29-20(27)18(25-2)19(26)21(22,23)24;/h9-12,26H,3-8,13-15H2,1H3;/b19-18+;. The third-order valence-corrected chi connectivity index (χ3v) is 4.11. The number of rotatable bonds is 12. The third-order valence-electron chi connectivity index (χ3n) is 4.11. The number of halogens is 3. The van der Waals surface area contributed by atoms with Gasteiger partial charge in [-0.3, -0.25) is 4.79 Å². The number of alkyl halides is 3. The maximum absolute atomic E-state index is 12.4. The minimum atomic E-state index is -5.18. The summed E-state index contributed by atoms with van der Waals surface area (Å²) in [6.07, 6.45) is 2.13. The van der Waals surface area contributed by atoms with Crippen LogP contribution in [-0.4, -0.2) is 30.5 Å². The fourth-order valence-corrected chi connectivity index (χ4v) is 2.48. The molecule has 1 N–H and O–H groups in total. The van der Waals surface area contributed by atoms with Gasteiger partial charge in [-0.15, -0.1) is 0 Å². The number of hydrogen-bond acceptors (Lipinski definition) is 4. The zero-order valence-corrected chi connectivity index (χ0v) is 17.7. The number of aliphatic hydroxyl groups is 1. The molecule has 0 aliphatic heterocycles. The molecule has 0 atom stereocenters. The number of carbonyl (C=O) groups excluding carboxylic acids is 1. The van der Waals surface area contributed by atoms with Gasteiger partial charge in [0, 0.05) is 23.5 Å². The number of aliphatic hydroxyl groups excluding tert-OH is 1. The summed E-state index contributed by atoms with van der Waals surface area (Å²) in [6.45, 7) is 9.22. The maximum Gasteiger partial charge on any atom is 0.438 e. The summed E-state index contributed by atoms with van der Waals surface area (Å²) in [6, 6.07) is 7.08. The van der Waals surface area contributed by atoms with Crippen LogP contribution in [0, 0.1) is 6.57 Å². The van der Waals surface area contributed by atoms with Crippen LogP contribution in [0.4, 0.5) is 13.2 Å². The van der Waals surface area contributed by atoms with Gasteiger partial charge in [-0.1, -0.05) is 51.2 Å². The first-order valence-electron chi connectivity index (χ1n) is 9.56. The van der Waals surface area contributed by atoms with Crippen molar-refractivity contribution in [1.29, 1.82) is 0 Å². The SMILES string of the molecule is [C-]#[N+]/C(C(=O)OCCc1ccc(OCCCCCCCC)cc1)=C(/O)C(F)(F)F.[Cu]. The molecule has 30 heavy (non-hydrogen) atoms. The molecule has 1 rings (SSSR count). The second-order valence-electron chi connectivity index (χ2n) is 6.45. The molecule has 1 aromatic carbocycles. The smallest absolute Gasteiger partial charge is 0.438 e. The van der Waals surface area contributed by atoms with E-state index in [2.05, 4.69) is 16.5 Å². The zero-order chi connectivity index (χ0) is 21.7. The van der Waals surface area contributed by atoms with Crippen LogP contribution in [0.15, 0.2) is 35.7 Å². The van der Waals surface area contributed by atoms with Crippen molar-refractivity contribution in [2.45, 2.75) is 58.0 Å². The zero-order valence-electron chi connectivity index (χ0n) is 16.7. The number of allylic oxidation sites excluding steroid dienone is 1. The molecule has 5 nitrogen and oxygen atoms in total. The number of esters is 1. The van der Waals surface area contributed by atoms with Crippen molar-refractivity contribution in [2.75, 3.05) is 13.2 Å². The molecule has 0 aliphatic carbocycles. The van der Waals surface area contributed by atoms with Gasteiger partial charge in [0.2, 0.25) is 5.76 Å². The van der Waals surface area contributed by atoms with Gasteiger partial charge in [0.25, 0.3) is 0 Å². The molecule has 0 spiro atoms. The number of nitrogens with zero attached hydrogens (tertiary/aromatic N) is 1. The van der Waals surface area contributed by atoms with Crippen LogP contribution in [0.2, 0.25) is 0 Å². The van der Waals surface area contributed by atoms with E-state index >= 15 is 0 Å². The van der Waals surface area contributed by atoms with E-state index in [9.17, 15) is 18.0 Å². The fraction of sp³-hybridized carbons (Fsp3) is 0.524. The van der Waals surface area contributed by atoms with Crippen molar-refractivity contribution in [3.63, 3.8) is 0 Å². The van der Waals surface area contributed by atoms with Crippen molar-refractivity contribution >= 4 is 5.97 Å². The summed E-state index contributed by atoms with van der Waals surface area (Å²) in [5.41, 5.74) is -0.686. The molecule has 0 saturated heterocycles. The van der Waals surface area contributed by atoms with Gasteiger partial charge in [0.1, 0.15) is 5.75 Å². The van der Waals surface area contributed by atoms with E-state index in [0.717, 1.165) is 18.4 Å². The van der Waals surface area contributed by atoms with Crippen LogP contribution in [0.25, 0.3) is 4.85 Å². The first kappa shape index (κ1) is 27.8. The average Bonchev–Trinajstić information content (AvgIpc) is 2.68. The Balaban J connectivity index is 0.00000841. The molecule has 1 aromatic rings. The Morgan fingerprint density at radius 1 is 1.07 bits per heavy atom. The molecule has 9 heteroatoms. The predicted octanol–water partition coefficient (Wildman–Crippen LogP) is 5.76. The number of hydrogen-bond donors (Lipinski definition) is 1. The Kier molecular flexibility index (Phi) is 13.7. The van der Waals surface area contributed by atoms with Crippen LogP contribution >= 0.6 is 0 Å². The summed E-state index contributed by atoms with van der Waals surface area (Å²) in [5, 5.41) is 8.93. The minimum Gasteiger partial charge on any atom is -0.515 e. The molecule has 0 heterocycles. The van der Waals surface area contributed by atoms with Crippen LogP contribution in [0.1, 0.15) is 51.0 Å². The molecule has 0 bridgehead atoms. The van der Waals surface area contributed by atoms with E-state index in [1.807, 2.05) is 0 Å². The van der Waals surface area contributed by atoms with Crippen LogP contribution in [-0.2, 0) is 33.0 Å². The predicted molar refractivity (Wildman–Crippen MR) is 102 cm³/mol. The molecule has 0 amide bonds. The molecule has 0 unspecified atom stereocenters. The van der Waals surface area contributed by atoms with Crippen LogP contribution in [0.5, 0.6) is 5.75 Å². The molecule has 0 aromatic heterocycles. The number of ether oxygens (including phenoxy) is 2. The Labute approximate surface area is 185 Å². The summed E-state index contributed by atoms with van der Waals surface area (Å²) in [5.74, 6) is -3.04. The van der Waals surface area contributed by atoms with Gasteiger partial charge >= 0.3 is 17.8 Å². The quantitative estimate of drug-likeness (QED) is 0.104. The second-order valence-corrected chi connectivity index (χ2v) is 6.45. The fourth-order valence-electron chi connectivity index (χ4n) is 2.48. The van der Waals surface area contributed by atoms with E-state index in [-0.39, 0.29) is 30.1 Å². The monoisotopic (exact) mass is 476 g/mol. The van der Waals surface area contributed by atoms with E-state index in [4.69, 9.17) is 16.4 Å². The number of carbonyl (C=O) groups is 1. The van der Waals surface area contributed by atoms with Crippen molar-refractivity contribution in [2.24, 2.45) is 0 Å². The van der Waals surface area contributed by atoms with Crippen molar-refractivity contribution in [3.8, 4) is 5.75 Å². The van der Waals surface area contributed by atoms with E-state index in [0.29, 0.717) is 12.4 Å². The van der Waals surface area contributed by atoms with Crippen molar-refractivity contribution in [3.05, 3.63) is 52.7 Å². The molecule has 0 aliphatic rings. The topological polar surface area (TPSA) is 60.1 Å². The van der Waals surface area contributed by atoms with Crippen LogP contribution < -0.4 is 4.74 Å². The minimum absolute atomic E-state index is 0. The molecule has 0 fully saturated rings. The van der Waals surface area contributed by atoms with Gasteiger partial charge in [0.05, 0.1) is 19.8 Å². The molecule has 0 saturated carbocycles. The van der Waals surface area contributed by atoms with Crippen molar-refractivity contribution < 1.29 is 49.6 Å². The number of unbranched alkanes of at least 4 members (excludes halogenated alkanes) is 5. The van der Waals surface area contributed by atoms with E-state index < -0.39 is 23.6 Å². The Bertz CT molecular complexity index is 712. The summed E-state index contributed by atoms with van der Waals surface area (Å²) in [7, 11) is 0. The van der Waals surface area contributed by atoms with Gasteiger partial charge in [-0.05, 0) is 24.1 Å². The average molecular weight is 477 g/mol. The molecule has 171 valence electrons. The normalized spacial score (nSPS) is 11.7. The summed E-state index contributed by atoms with van der Waals surface area (Å²) < 4.78 is 47.5. The molecular weight excluding hydrogens is 451 g/mol. The maximum atomic E-state index is 12.4. The Morgan fingerprint density at radius 2 is 1.67 bits per heavy atom. The van der Waals surface area contributed by atoms with E-state index in [1.54, 1.807) is 24.3 Å². The summed E-state index contributed by atoms with van der Waals surface area (Å²) in [4.78, 5) is 14.0. The van der Waals surface area contributed by atoms with Crippen molar-refractivity contribution in [1.82, 2.24) is 0 Å². The second kappa shape index (κ2) is 14.8. The van der Waals surface area contributed by atoms with Gasteiger partial charge in [0.15, 0.2) is 0 Å².